The van der Waals surface area contributed by atoms with E-state index in [-0.39, 0.29) is 0 Å². The molecule has 0 saturated carbocycles. The van der Waals surface area contributed by atoms with Crippen LogP contribution in [0.4, 0.5) is 0 Å². The number of hydrogen-bond acceptors (Lipinski definition) is 1. The van der Waals surface area contributed by atoms with Gasteiger partial charge in [0.05, 0.1) is 0 Å². The van der Waals surface area contributed by atoms with Crippen LogP contribution in [0.1, 0.15) is 61.0 Å². The Labute approximate surface area is 104 Å². The van der Waals surface area contributed by atoms with Crippen LogP contribution in [0.5, 0.6) is 0 Å². The first-order valence-corrected chi connectivity index (χ1v) is 6.53. The third-order valence-electron chi connectivity index (χ3n) is 3.73. The van der Waals surface area contributed by atoms with Gasteiger partial charge in [-0.2, -0.15) is 0 Å². The number of aldehydes is 1. The fraction of sp³-hybridized carbons (Fsp3) is 0.438. The largest absolute Gasteiger partial charge is 0.298 e. The van der Waals surface area contributed by atoms with E-state index in [1.807, 2.05) is 12.1 Å². The van der Waals surface area contributed by atoms with Gasteiger partial charge in [-0.25, -0.2) is 0 Å². The highest BCUT2D eigenvalue weighted by Gasteiger charge is 2.15. The minimum absolute atomic E-state index is 0.792. The maximum atomic E-state index is 10.8. The lowest BCUT2D eigenvalue weighted by molar-refractivity contribution is 0.112. The van der Waals surface area contributed by atoms with E-state index in [0.717, 1.165) is 18.3 Å². The second kappa shape index (κ2) is 5.31. The second-order valence-corrected chi connectivity index (χ2v) is 4.87. The number of benzene rings is 1. The summed E-state index contributed by atoms with van der Waals surface area (Å²) in [6.45, 7) is 4.44. The summed E-state index contributed by atoms with van der Waals surface area (Å²) in [4.78, 5) is 10.8. The molecule has 0 unspecified atom stereocenters. The Morgan fingerprint density at radius 2 is 2.12 bits per heavy atom. The Balaban J connectivity index is 2.35. The van der Waals surface area contributed by atoms with Gasteiger partial charge in [0.1, 0.15) is 6.29 Å². The summed E-state index contributed by atoms with van der Waals surface area (Å²) >= 11 is 0. The van der Waals surface area contributed by atoms with Crippen molar-refractivity contribution in [2.24, 2.45) is 0 Å². The Bertz CT molecular complexity index is 455. The zero-order chi connectivity index (χ0) is 12.3. The van der Waals surface area contributed by atoms with Crippen molar-refractivity contribution in [1.82, 2.24) is 0 Å². The molecule has 0 aromatic heterocycles. The lowest BCUT2D eigenvalue weighted by Gasteiger charge is -2.21. The van der Waals surface area contributed by atoms with Gasteiger partial charge in [-0.15, -0.1) is 0 Å². The number of aryl methyl sites for hydroxylation is 1. The standard InChI is InChI=1S/C16H20O/c1-3-4-5-14-8-9-15-7-6-13(11-17)10-16(15)12(14)2/h6-7,10-11H,3-5,8-9H2,1-2H3. The zero-order valence-electron chi connectivity index (χ0n) is 10.8. The predicted octanol–water partition coefficient (Wildman–Crippen LogP) is 4.41. The van der Waals surface area contributed by atoms with E-state index >= 15 is 0 Å². The molecule has 1 aliphatic carbocycles. The summed E-state index contributed by atoms with van der Waals surface area (Å²) in [5, 5.41) is 0. The Morgan fingerprint density at radius 1 is 1.29 bits per heavy atom. The second-order valence-electron chi connectivity index (χ2n) is 4.87. The molecule has 0 saturated heterocycles. The highest BCUT2D eigenvalue weighted by molar-refractivity contribution is 5.80. The fourth-order valence-electron chi connectivity index (χ4n) is 2.60. The molecule has 1 aliphatic rings. The molecule has 1 aromatic carbocycles. The first kappa shape index (κ1) is 12.1. The molecule has 17 heavy (non-hydrogen) atoms. The van der Waals surface area contributed by atoms with Gasteiger partial charge in [-0.05, 0) is 55.4 Å². The summed E-state index contributed by atoms with van der Waals surface area (Å²) in [6, 6.07) is 6.08. The molecule has 0 aliphatic heterocycles. The van der Waals surface area contributed by atoms with E-state index in [2.05, 4.69) is 19.9 Å². The molecule has 1 aromatic rings. The van der Waals surface area contributed by atoms with Gasteiger partial charge in [0.25, 0.3) is 0 Å². The predicted molar refractivity (Wildman–Crippen MR) is 72.3 cm³/mol. The van der Waals surface area contributed by atoms with Crippen molar-refractivity contribution in [3.05, 3.63) is 40.5 Å². The van der Waals surface area contributed by atoms with Crippen molar-refractivity contribution >= 4 is 11.9 Å². The van der Waals surface area contributed by atoms with Crippen LogP contribution in [0.3, 0.4) is 0 Å². The average Bonchev–Trinajstić information content (AvgIpc) is 2.38. The first-order valence-electron chi connectivity index (χ1n) is 6.53. The van der Waals surface area contributed by atoms with Crippen LogP contribution in [-0.4, -0.2) is 6.29 Å². The molecule has 0 fully saturated rings. The summed E-state index contributed by atoms with van der Waals surface area (Å²) in [6.07, 6.45) is 7.00. The minimum Gasteiger partial charge on any atom is -0.298 e. The Hall–Kier alpha value is -1.37. The number of carbonyl (C=O) groups is 1. The third kappa shape index (κ3) is 2.49. The van der Waals surface area contributed by atoms with Crippen LogP contribution in [0.15, 0.2) is 23.8 Å². The van der Waals surface area contributed by atoms with Crippen molar-refractivity contribution < 1.29 is 4.79 Å². The lowest BCUT2D eigenvalue weighted by Crippen LogP contribution is -2.04. The molecule has 0 amide bonds. The van der Waals surface area contributed by atoms with E-state index in [1.165, 1.54) is 42.4 Å². The molecule has 0 atom stereocenters. The van der Waals surface area contributed by atoms with Crippen LogP contribution in [0.2, 0.25) is 0 Å². The summed E-state index contributed by atoms with van der Waals surface area (Å²) in [7, 11) is 0. The summed E-state index contributed by atoms with van der Waals surface area (Å²) in [5.41, 5.74) is 6.48. The van der Waals surface area contributed by atoms with Gasteiger partial charge in [0, 0.05) is 5.56 Å². The van der Waals surface area contributed by atoms with E-state index in [4.69, 9.17) is 0 Å². The van der Waals surface area contributed by atoms with Crippen LogP contribution in [0.25, 0.3) is 5.57 Å². The number of rotatable bonds is 4. The van der Waals surface area contributed by atoms with Crippen LogP contribution >= 0.6 is 0 Å². The van der Waals surface area contributed by atoms with E-state index in [0.29, 0.717) is 0 Å². The average molecular weight is 228 g/mol. The highest BCUT2D eigenvalue weighted by atomic mass is 16.1. The van der Waals surface area contributed by atoms with E-state index in [9.17, 15) is 4.79 Å². The molecule has 90 valence electrons. The fourth-order valence-corrected chi connectivity index (χ4v) is 2.60. The van der Waals surface area contributed by atoms with Crippen LogP contribution in [0, 0.1) is 0 Å². The number of fused-ring (bicyclic) bond motifs is 1. The van der Waals surface area contributed by atoms with Gasteiger partial charge >= 0.3 is 0 Å². The molecule has 1 nitrogen and oxygen atoms in total. The quantitative estimate of drug-likeness (QED) is 0.698. The van der Waals surface area contributed by atoms with E-state index < -0.39 is 0 Å². The molecule has 0 bridgehead atoms. The first-order chi connectivity index (χ1) is 8.26. The number of unbranched alkanes of at least 4 members (excludes halogenated alkanes) is 1. The zero-order valence-corrected chi connectivity index (χ0v) is 10.8. The molecule has 0 spiro atoms. The SMILES string of the molecule is CCCCC1=C(C)c2cc(C=O)ccc2CC1. The number of allylic oxidation sites excluding steroid dienone is 2. The van der Waals surface area contributed by atoms with Crippen LogP contribution in [-0.2, 0) is 6.42 Å². The van der Waals surface area contributed by atoms with E-state index in [1.54, 1.807) is 5.57 Å². The molecule has 0 N–H and O–H groups in total. The maximum Gasteiger partial charge on any atom is 0.150 e. The van der Waals surface area contributed by atoms with Gasteiger partial charge in [-0.3, -0.25) is 4.79 Å². The van der Waals surface area contributed by atoms with Crippen LogP contribution < -0.4 is 0 Å². The van der Waals surface area contributed by atoms with Crippen molar-refractivity contribution in [2.75, 3.05) is 0 Å². The molecule has 0 radical (unpaired) electrons. The normalized spacial score (nSPS) is 14.7. The Morgan fingerprint density at radius 3 is 2.82 bits per heavy atom. The monoisotopic (exact) mass is 228 g/mol. The molecule has 2 rings (SSSR count). The minimum atomic E-state index is 0.792. The number of hydrogen-bond donors (Lipinski definition) is 0. The Kier molecular flexibility index (Phi) is 3.78. The topological polar surface area (TPSA) is 17.1 Å². The van der Waals surface area contributed by atoms with Gasteiger partial charge in [0.2, 0.25) is 0 Å². The smallest absolute Gasteiger partial charge is 0.150 e. The third-order valence-corrected chi connectivity index (χ3v) is 3.73. The highest BCUT2D eigenvalue weighted by Crippen LogP contribution is 2.33. The summed E-state index contributed by atoms with van der Waals surface area (Å²) < 4.78 is 0. The van der Waals surface area contributed by atoms with Crippen molar-refractivity contribution in [2.45, 2.75) is 46.0 Å². The van der Waals surface area contributed by atoms with Gasteiger partial charge in [-0.1, -0.05) is 31.1 Å². The molecular formula is C16H20O. The van der Waals surface area contributed by atoms with Crippen molar-refractivity contribution in [3.63, 3.8) is 0 Å². The van der Waals surface area contributed by atoms with Crippen molar-refractivity contribution in [3.8, 4) is 0 Å². The summed E-state index contributed by atoms with van der Waals surface area (Å²) in [5.74, 6) is 0. The van der Waals surface area contributed by atoms with Gasteiger partial charge < -0.3 is 0 Å². The molecule has 1 heteroatoms. The maximum absolute atomic E-state index is 10.8. The lowest BCUT2D eigenvalue weighted by atomic mass is 9.84. The number of carbonyl (C=O) groups excluding carboxylic acids is 1. The van der Waals surface area contributed by atoms with Gasteiger partial charge in [0.15, 0.2) is 0 Å². The molecule has 0 heterocycles. The molecular weight excluding hydrogens is 208 g/mol. The van der Waals surface area contributed by atoms with Crippen molar-refractivity contribution in [1.29, 1.82) is 0 Å².